The number of alkyl halides is 1. The molecule has 0 spiro atoms. The molecule has 1 aliphatic rings. The van der Waals surface area contributed by atoms with Gasteiger partial charge in [-0.2, -0.15) is 0 Å². The van der Waals surface area contributed by atoms with Crippen molar-refractivity contribution in [3.8, 4) is 0 Å². The lowest BCUT2D eigenvalue weighted by molar-refractivity contribution is 0.136. The molecule has 1 saturated carbocycles. The molecule has 0 heterocycles. The summed E-state index contributed by atoms with van der Waals surface area (Å²) >= 11 is 0. The fraction of sp³-hybridized carbons (Fsp3) is 1.00. The maximum absolute atomic E-state index is 13.0. The first-order valence-corrected chi connectivity index (χ1v) is 4.88. The molecular weight excluding hydrogens is 139 g/mol. The molecular formula is C10H19F. The summed E-state index contributed by atoms with van der Waals surface area (Å²) in [5.74, 6) is 1.14. The Morgan fingerprint density at radius 3 is 2.64 bits per heavy atom. The second kappa shape index (κ2) is 4.08. The highest BCUT2D eigenvalue weighted by atomic mass is 19.1. The predicted molar refractivity (Wildman–Crippen MR) is 46.3 cm³/mol. The first-order chi connectivity index (χ1) is 5.24. The number of halogens is 1. The summed E-state index contributed by atoms with van der Waals surface area (Å²) in [6.45, 7) is 4.26. The highest BCUT2D eigenvalue weighted by Gasteiger charge is 2.26. The van der Waals surface area contributed by atoms with Crippen LogP contribution in [-0.2, 0) is 0 Å². The smallest absolute Gasteiger partial charge is 0.103 e. The molecule has 1 unspecified atom stereocenters. The van der Waals surface area contributed by atoms with E-state index in [0.29, 0.717) is 5.92 Å². The van der Waals surface area contributed by atoms with Gasteiger partial charge < -0.3 is 0 Å². The van der Waals surface area contributed by atoms with Crippen molar-refractivity contribution in [2.75, 3.05) is 0 Å². The lowest BCUT2D eigenvalue weighted by Gasteiger charge is -2.29. The van der Waals surface area contributed by atoms with Crippen molar-refractivity contribution in [3.05, 3.63) is 0 Å². The minimum atomic E-state index is -0.511. The van der Waals surface area contributed by atoms with Gasteiger partial charge in [0.1, 0.15) is 6.17 Å². The molecule has 3 atom stereocenters. The van der Waals surface area contributed by atoms with Crippen molar-refractivity contribution in [1.82, 2.24) is 0 Å². The van der Waals surface area contributed by atoms with Gasteiger partial charge in [-0.1, -0.05) is 26.7 Å². The van der Waals surface area contributed by atoms with Crippen LogP contribution in [0.3, 0.4) is 0 Å². The fourth-order valence-electron chi connectivity index (χ4n) is 2.14. The van der Waals surface area contributed by atoms with Crippen LogP contribution in [0.5, 0.6) is 0 Å². The van der Waals surface area contributed by atoms with E-state index in [2.05, 4.69) is 6.92 Å². The molecule has 0 nitrogen and oxygen atoms in total. The van der Waals surface area contributed by atoms with Crippen LogP contribution in [0, 0.1) is 11.8 Å². The van der Waals surface area contributed by atoms with Gasteiger partial charge >= 0.3 is 0 Å². The van der Waals surface area contributed by atoms with Gasteiger partial charge in [0.15, 0.2) is 0 Å². The molecule has 0 N–H and O–H groups in total. The van der Waals surface area contributed by atoms with Crippen molar-refractivity contribution in [2.24, 2.45) is 11.8 Å². The average Bonchev–Trinajstić information content (AvgIpc) is 1.98. The largest absolute Gasteiger partial charge is 0.247 e. The minimum absolute atomic E-state index is 0.320. The summed E-state index contributed by atoms with van der Waals surface area (Å²) in [5, 5.41) is 0. The van der Waals surface area contributed by atoms with E-state index in [1.165, 1.54) is 12.8 Å². The lowest BCUT2D eigenvalue weighted by atomic mass is 9.79. The van der Waals surface area contributed by atoms with E-state index < -0.39 is 6.17 Å². The van der Waals surface area contributed by atoms with Crippen molar-refractivity contribution in [2.45, 2.75) is 52.1 Å². The van der Waals surface area contributed by atoms with E-state index in [9.17, 15) is 4.39 Å². The van der Waals surface area contributed by atoms with Crippen LogP contribution in [0.1, 0.15) is 46.0 Å². The molecule has 0 saturated heterocycles. The van der Waals surface area contributed by atoms with Gasteiger partial charge in [-0.25, -0.2) is 4.39 Å². The van der Waals surface area contributed by atoms with Crippen LogP contribution >= 0.6 is 0 Å². The lowest BCUT2D eigenvalue weighted by Crippen LogP contribution is -2.23. The zero-order valence-corrected chi connectivity index (χ0v) is 7.65. The summed E-state index contributed by atoms with van der Waals surface area (Å²) in [5.41, 5.74) is 0. The van der Waals surface area contributed by atoms with Gasteiger partial charge in [0, 0.05) is 0 Å². The Bertz CT molecular complexity index is 111. The van der Waals surface area contributed by atoms with Crippen LogP contribution in [0.4, 0.5) is 4.39 Å². The first-order valence-electron chi connectivity index (χ1n) is 4.88. The van der Waals surface area contributed by atoms with Gasteiger partial charge in [-0.3, -0.25) is 0 Å². The topological polar surface area (TPSA) is 0 Å². The van der Waals surface area contributed by atoms with Crippen molar-refractivity contribution >= 4 is 0 Å². The van der Waals surface area contributed by atoms with Crippen LogP contribution in [0.15, 0.2) is 0 Å². The van der Waals surface area contributed by atoms with E-state index in [-0.39, 0.29) is 0 Å². The zero-order chi connectivity index (χ0) is 8.27. The predicted octanol–water partition coefficient (Wildman–Crippen LogP) is 3.56. The molecule has 0 aromatic rings. The molecule has 11 heavy (non-hydrogen) atoms. The molecule has 0 aliphatic heterocycles. The van der Waals surface area contributed by atoms with E-state index in [4.69, 9.17) is 0 Å². The monoisotopic (exact) mass is 158 g/mol. The molecule has 1 fully saturated rings. The van der Waals surface area contributed by atoms with Crippen molar-refractivity contribution in [3.63, 3.8) is 0 Å². The molecule has 0 aromatic heterocycles. The van der Waals surface area contributed by atoms with Gasteiger partial charge in [-0.15, -0.1) is 0 Å². The summed E-state index contributed by atoms with van der Waals surface area (Å²) < 4.78 is 13.0. The van der Waals surface area contributed by atoms with Gasteiger partial charge in [0.25, 0.3) is 0 Å². The van der Waals surface area contributed by atoms with Gasteiger partial charge in [-0.05, 0) is 31.1 Å². The standard InChI is InChI=1S/C10H19F/c1-3-4-9-5-6-10(11)8(2)7-9/h8-10H,3-7H2,1-2H3/t8-,9?,10+/m0/s1. The van der Waals surface area contributed by atoms with Crippen LogP contribution in [0.2, 0.25) is 0 Å². The molecule has 0 bridgehead atoms. The maximum atomic E-state index is 13.0. The van der Waals surface area contributed by atoms with Gasteiger partial charge in [0.2, 0.25) is 0 Å². The van der Waals surface area contributed by atoms with Gasteiger partial charge in [0.05, 0.1) is 0 Å². The highest BCUT2D eigenvalue weighted by Crippen LogP contribution is 2.33. The Labute approximate surface area is 69.2 Å². The second-order valence-electron chi connectivity index (χ2n) is 3.96. The molecule has 1 rings (SSSR count). The molecule has 0 radical (unpaired) electrons. The summed E-state index contributed by atoms with van der Waals surface area (Å²) in [4.78, 5) is 0. The van der Waals surface area contributed by atoms with Crippen LogP contribution < -0.4 is 0 Å². The third-order valence-electron chi connectivity index (χ3n) is 2.87. The Balaban J connectivity index is 2.28. The maximum Gasteiger partial charge on any atom is 0.103 e. The van der Waals surface area contributed by atoms with Crippen molar-refractivity contribution in [1.29, 1.82) is 0 Å². The quantitative estimate of drug-likeness (QED) is 0.576. The Morgan fingerprint density at radius 2 is 2.09 bits per heavy atom. The fourth-order valence-corrected chi connectivity index (χ4v) is 2.14. The molecule has 0 amide bonds. The summed E-state index contributed by atoms with van der Waals surface area (Å²) in [6, 6.07) is 0. The van der Waals surface area contributed by atoms with E-state index in [0.717, 1.165) is 25.2 Å². The third-order valence-corrected chi connectivity index (χ3v) is 2.87. The Hall–Kier alpha value is -0.0700. The first kappa shape index (κ1) is 9.02. The summed E-state index contributed by atoms with van der Waals surface area (Å²) in [6.07, 6.45) is 5.11. The Morgan fingerprint density at radius 1 is 1.36 bits per heavy atom. The van der Waals surface area contributed by atoms with Crippen LogP contribution in [-0.4, -0.2) is 6.17 Å². The summed E-state index contributed by atoms with van der Waals surface area (Å²) in [7, 11) is 0. The SMILES string of the molecule is CCCC1CC[C@@H](F)[C@@H](C)C1. The molecule has 0 aromatic carbocycles. The van der Waals surface area contributed by atoms with E-state index in [1.54, 1.807) is 0 Å². The number of hydrogen-bond donors (Lipinski definition) is 0. The average molecular weight is 158 g/mol. The zero-order valence-electron chi connectivity index (χ0n) is 7.65. The van der Waals surface area contributed by atoms with E-state index in [1.807, 2.05) is 6.92 Å². The second-order valence-corrected chi connectivity index (χ2v) is 3.96. The number of rotatable bonds is 2. The molecule has 1 aliphatic carbocycles. The minimum Gasteiger partial charge on any atom is -0.247 e. The van der Waals surface area contributed by atoms with Crippen LogP contribution in [0.25, 0.3) is 0 Å². The van der Waals surface area contributed by atoms with E-state index >= 15 is 0 Å². The molecule has 66 valence electrons. The number of hydrogen-bond acceptors (Lipinski definition) is 0. The molecule has 1 heteroatoms. The highest BCUT2D eigenvalue weighted by molar-refractivity contribution is 4.76. The third kappa shape index (κ3) is 2.46. The normalized spacial score (nSPS) is 39.0. The Kier molecular flexibility index (Phi) is 3.35. The van der Waals surface area contributed by atoms with Crippen molar-refractivity contribution < 1.29 is 4.39 Å².